The van der Waals surface area contributed by atoms with Crippen molar-refractivity contribution in [1.82, 2.24) is 14.9 Å². The third-order valence-corrected chi connectivity index (χ3v) is 6.60. The van der Waals surface area contributed by atoms with Crippen molar-refractivity contribution in [2.24, 2.45) is 10.8 Å². The van der Waals surface area contributed by atoms with Crippen LogP contribution in [0.25, 0.3) is 0 Å². The number of carbonyl (C=O) groups is 1. The Balaban J connectivity index is 1.60. The molecule has 1 amide bonds. The van der Waals surface area contributed by atoms with Crippen LogP contribution in [0.1, 0.15) is 49.3 Å². The summed E-state index contributed by atoms with van der Waals surface area (Å²) < 4.78 is 6.92. The Labute approximate surface area is 172 Å². The van der Waals surface area contributed by atoms with Crippen LogP contribution in [0.3, 0.4) is 0 Å². The molecule has 1 fully saturated rings. The number of fused-ring (bicyclic) bond motifs is 1. The van der Waals surface area contributed by atoms with Crippen LogP contribution in [0.2, 0.25) is 0 Å². The van der Waals surface area contributed by atoms with Gasteiger partial charge >= 0.3 is 0 Å². The van der Waals surface area contributed by atoms with E-state index in [0.717, 1.165) is 5.56 Å². The molecule has 0 bridgehead atoms. The Morgan fingerprint density at radius 2 is 2.00 bits per heavy atom. The summed E-state index contributed by atoms with van der Waals surface area (Å²) in [5.41, 5.74) is 1.53. The Hall–Kier alpha value is -2.46. The molecule has 1 saturated carbocycles. The minimum Gasteiger partial charge on any atom is -0.487 e. The van der Waals surface area contributed by atoms with E-state index < -0.39 is 0 Å². The number of halogens is 1. The highest BCUT2D eigenvalue weighted by Crippen LogP contribution is 2.59. The van der Waals surface area contributed by atoms with Crippen LogP contribution in [0.15, 0.2) is 35.2 Å². The lowest BCUT2D eigenvalue weighted by Crippen LogP contribution is -2.74. The quantitative estimate of drug-likeness (QED) is 0.721. The van der Waals surface area contributed by atoms with E-state index in [9.17, 15) is 4.79 Å². The molecule has 6 nitrogen and oxygen atoms in total. The molecule has 1 aliphatic heterocycles. The lowest BCUT2D eigenvalue weighted by Gasteiger charge is -2.65. The first-order chi connectivity index (χ1) is 13.2. The summed E-state index contributed by atoms with van der Waals surface area (Å²) in [6.07, 6.45) is 4.85. The molecule has 4 rings (SSSR count). The highest BCUT2D eigenvalue weighted by molar-refractivity contribution is 9.10. The molecule has 144 valence electrons. The Morgan fingerprint density at radius 3 is 2.61 bits per heavy atom. The number of hydrogen-bond acceptors (Lipinski definition) is 5. The standard InChI is InChI=1S/C21H21BrN4O2/c1-20(2)18(26-11-12-5-6-24-10-14(12)17(26)27)21(3,4)19(20)28-13-7-15(22)16(8-23)25-9-13/h5-7,9-10,18-19H,11H2,1-4H3. The fraction of sp³-hybridized carbons (Fsp3) is 0.429. The lowest BCUT2D eigenvalue weighted by molar-refractivity contribution is -0.199. The molecule has 7 heteroatoms. The summed E-state index contributed by atoms with van der Waals surface area (Å²) in [6, 6.07) is 5.75. The van der Waals surface area contributed by atoms with E-state index in [1.807, 2.05) is 17.0 Å². The summed E-state index contributed by atoms with van der Waals surface area (Å²) in [7, 11) is 0. The van der Waals surface area contributed by atoms with Gasteiger partial charge in [-0.05, 0) is 33.6 Å². The molecule has 0 unspecified atom stereocenters. The second kappa shape index (κ2) is 6.28. The van der Waals surface area contributed by atoms with Gasteiger partial charge in [0.25, 0.3) is 5.91 Å². The van der Waals surface area contributed by atoms with Gasteiger partial charge in [-0.2, -0.15) is 5.26 Å². The Morgan fingerprint density at radius 1 is 1.29 bits per heavy atom. The van der Waals surface area contributed by atoms with Gasteiger partial charge in [-0.1, -0.05) is 27.7 Å². The molecule has 3 heterocycles. The van der Waals surface area contributed by atoms with Gasteiger partial charge in [0.2, 0.25) is 0 Å². The number of rotatable bonds is 3. The number of amides is 1. The van der Waals surface area contributed by atoms with Crippen molar-refractivity contribution in [3.8, 4) is 11.8 Å². The van der Waals surface area contributed by atoms with Crippen LogP contribution in [-0.2, 0) is 6.54 Å². The van der Waals surface area contributed by atoms with E-state index in [2.05, 4.69) is 53.6 Å². The van der Waals surface area contributed by atoms with Gasteiger partial charge in [-0.15, -0.1) is 0 Å². The normalized spacial score (nSPS) is 24.3. The fourth-order valence-corrected chi connectivity index (χ4v) is 5.71. The molecular weight excluding hydrogens is 420 g/mol. The van der Waals surface area contributed by atoms with E-state index >= 15 is 0 Å². The molecule has 2 aromatic rings. The summed E-state index contributed by atoms with van der Waals surface area (Å²) in [5, 5.41) is 9.04. The number of nitrogens with zero attached hydrogens (tertiary/aromatic N) is 4. The van der Waals surface area contributed by atoms with Crippen molar-refractivity contribution in [3.63, 3.8) is 0 Å². The monoisotopic (exact) mass is 440 g/mol. The van der Waals surface area contributed by atoms with Gasteiger partial charge in [0.05, 0.1) is 16.2 Å². The molecule has 2 aliphatic rings. The zero-order chi connectivity index (χ0) is 20.3. The van der Waals surface area contributed by atoms with E-state index in [1.165, 1.54) is 0 Å². The number of hydrogen-bond donors (Lipinski definition) is 0. The molecule has 0 radical (unpaired) electrons. The summed E-state index contributed by atoms with van der Waals surface area (Å²) in [6.45, 7) is 9.13. The average molecular weight is 441 g/mol. The third kappa shape index (κ3) is 2.62. The minimum absolute atomic E-state index is 0.0275. The van der Waals surface area contributed by atoms with Gasteiger partial charge in [0, 0.05) is 35.8 Å². The van der Waals surface area contributed by atoms with Gasteiger partial charge in [-0.25, -0.2) is 4.98 Å². The highest BCUT2D eigenvalue weighted by atomic mass is 79.9. The van der Waals surface area contributed by atoms with E-state index in [4.69, 9.17) is 10.00 Å². The molecule has 2 aromatic heterocycles. The maximum atomic E-state index is 13.0. The van der Waals surface area contributed by atoms with E-state index in [0.29, 0.717) is 28.0 Å². The van der Waals surface area contributed by atoms with Gasteiger partial charge < -0.3 is 9.64 Å². The van der Waals surface area contributed by atoms with Crippen molar-refractivity contribution >= 4 is 21.8 Å². The second-order valence-corrected chi connectivity index (χ2v) is 9.48. The van der Waals surface area contributed by atoms with E-state index in [-0.39, 0.29) is 28.9 Å². The number of nitriles is 1. The summed E-state index contributed by atoms with van der Waals surface area (Å²) >= 11 is 3.36. The topological polar surface area (TPSA) is 79.1 Å². The van der Waals surface area contributed by atoms with Gasteiger partial charge in [0.15, 0.2) is 5.69 Å². The molecule has 1 aliphatic carbocycles. The van der Waals surface area contributed by atoms with Gasteiger partial charge in [0.1, 0.15) is 17.9 Å². The molecule has 0 spiro atoms. The Kier molecular flexibility index (Phi) is 4.23. The number of aromatic nitrogens is 2. The highest BCUT2D eigenvalue weighted by Gasteiger charge is 2.67. The average Bonchev–Trinajstić information content (AvgIpc) is 2.95. The van der Waals surface area contributed by atoms with Crippen LogP contribution < -0.4 is 4.74 Å². The third-order valence-electron chi connectivity index (χ3n) is 5.99. The molecular formula is C21H21BrN4O2. The first-order valence-electron chi connectivity index (χ1n) is 9.14. The smallest absolute Gasteiger partial charge is 0.256 e. The predicted molar refractivity (Wildman–Crippen MR) is 107 cm³/mol. The first kappa shape index (κ1) is 18.9. The van der Waals surface area contributed by atoms with Crippen molar-refractivity contribution < 1.29 is 9.53 Å². The minimum atomic E-state index is -0.255. The second-order valence-electron chi connectivity index (χ2n) is 8.62. The van der Waals surface area contributed by atoms with Crippen LogP contribution in [0.4, 0.5) is 0 Å². The molecule has 0 aromatic carbocycles. The molecule has 0 atom stereocenters. The zero-order valence-electron chi connectivity index (χ0n) is 16.2. The number of ether oxygens (including phenoxy) is 1. The van der Waals surface area contributed by atoms with E-state index in [1.54, 1.807) is 24.7 Å². The molecule has 0 N–H and O–H groups in total. The van der Waals surface area contributed by atoms with Gasteiger partial charge in [-0.3, -0.25) is 9.78 Å². The lowest BCUT2D eigenvalue weighted by atomic mass is 9.49. The first-order valence-corrected chi connectivity index (χ1v) is 9.93. The maximum absolute atomic E-state index is 13.0. The molecule has 28 heavy (non-hydrogen) atoms. The predicted octanol–water partition coefficient (Wildman–Crippen LogP) is 3.95. The summed E-state index contributed by atoms with van der Waals surface area (Å²) in [5.74, 6) is 0.645. The number of pyridine rings is 2. The summed E-state index contributed by atoms with van der Waals surface area (Å²) in [4.78, 5) is 23.2. The van der Waals surface area contributed by atoms with Crippen molar-refractivity contribution in [1.29, 1.82) is 5.26 Å². The fourth-order valence-electron chi connectivity index (χ4n) is 5.29. The largest absolute Gasteiger partial charge is 0.487 e. The van der Waals surface area contributed by atoms with Crippen LogP contribution in [0.5, 0.6) is 5.75 Å². The van der Waals surface area contributed by atoms with Crippen LogP contribution in [0, 0.1) is 22.2 Å². The van der Waals surface area contributed by atoms with Crippen molar-refractivity contribution in [2.75, 3.05) is 0 Å². The van der Waals surface area contributed by atoms with Crippen LogP contribution >= 0.6 is 15.9 Å². The van der Waals surface area contributed by atoms with Crippen molar-refractivity contribution in [2.45, 2.75) is 46.4 Å². The van der Waals surface area contributed by atoms with Crippen LogP contribution in [-0.4, -0.2) is 32.9 Å². The number of carbonyl (C=O) groups excluding carboxylic acids is 1. The van der Waals surface area contributed by atoms with Crippen molar-refractivity contribution in [3.05, 3.63) is 52.0 Å². The maximum Gasteiger partial charge on any atom is 0.256 e. The SMILES string of the molecule is CC1(C)C(Oc2cnc(C#N)c(Br)c2)C(C)(C)C1N1Cc2ccncc2C1=O. The zero-order valence-corrected chi connectivity index (χ0v) is 17.8. The molecule has 0 saturated heterocycles. The Bertz CT molecular complexity index is 996.